The van der Waals surface area contributed by atoms with Crippen molar-refractivity contribution in [3.05, 3.63) is 78.0 Å². The van der Waals surface area contributed by atoms with E-state index < -0.39 is 0 Å². The minimum atomic E-state index is -0.356. The van der Waals surface area contributed by atoms with E-state index >= 15 is 0 Å². The monoisotopic (exact) mass is 348 g/mol. The molecule has 1 aromatic heterocycles. The third-order valence-corrected chi connectivity index (χ3v) is 4.37. The van der Waals surface area contributed by atoms with Gasteiger partial charge in [0.2, 0.25) is 0 Å². The van der Waals surface area contributed by atoms with Crippen LogP contribution in [-0.4, -0.2) is 22.4 Å². The van der Waals surface area contributed by atoms with Gasteiger partial charge >= 0.3 is 0 Å². The molecule has 130 valence electrons. The average molecular weight is 348 g/mol. The zero-order chi connectivity index (χ0) is 17.9. The quantitative estimate of drug-likeness (QED) is 0.779. The van der Waals surface area contributed by atoms with Crippen LogP contribution in [0.3, 0.4) is 0 Å². The van der Waals surface area contributed by atoms with Gasteiger partial charge in [0, 0.05) is 24.0 Å². The maximum atomic E-state index is 13.0. The third kappa shape index (κ3) is 3.26. The van der Waals surface area contributed by atoms with E-state index in [0.717, 1.165) is 25.1 Å². The first-order valence-corrected chi connectivity index (χ1v) is 8.45. The van der Waals surface area contributed by atoms with Gasteiger partial charge in [0.1, 0.15) is 23.7 Å². The molecule has 26 heavy (non-hydrogen) atoms. The van der Waals surface area contributed by atoms with Crippen LogP contribution in [-0.2, 0) is 6.42 Å². The molecule has 1 amide bonds. The van der Waals surface area contributed by atoms with Gasteiger partial charge in [-0.15, -0.1) is 0 Å². The molecule has 0 radical (unpaired) electrons. The number of amides is 1. The molecular formula is C20H17FN4O. The average Bonchev–Trinajstić information content (AvgIpc) is 2.69. The van der Waals surface area contributed by atoms with Crippen molar-refractivity contribution < 1.29 is 9.18 Å². The van der Waals surface area contributed by atoms with Gasteiger partial charge in [-0.3, -0.25) is 4.79 Å². The van der Waals surface area contributed by atoms with Crippen LogP contribution in [0.4, 0.5) is 21.6 Å². The van der Waals surface area contributed by atoms with E-state index in [4.69, 9.17) is 0 Å². The van der Waals surface area contributed by atoms with E-state index in [0.29, 0.717) is 11.5 Å². The van der Waals surface area contributed by atoms with Crippen molar-refractivity contribution in [2.75, 3.05) is 16.8 Å². The maximum absolute atomic E-state index is 13.0. The van der Waals surface area contributed by atoms with E-state index in [1.165, 1.54) is 36.2 Å². The lowest BCUT2D eigenvalue weighted by atomic mass is 10.0. The van der Waals surface area contributed by atoms with Crippen molar-refractivity contribution >= 4 is 23.1 Å². The van der Waals surface area contributed by atoms with Crippen LogP contribution in [0, 0.1) is 5.82 Å². The second-order valence-electron chi connectivity index (χ2n) is 6.11. The zero-order valence-corrected chi connectivity index (χ0v) is 14.0. The smallest absolute Gasteiger partial charge is 0.274 e. The second-order valence-corrected chi connectivity index (χ2v) is 6.11. The standard InChI is InChI=1S/C20H17FN4O/c21-15-7-9-16(10-8-15)24-20(26)17-12-19(23-13-22-17)25-11-3-5-14-4-1-2-6-18(14)25/h1-2,4,6-10,12-13H,3,5,11H2,(H,24,26). The van der Waals surface area contributed by atoms with Crippen LogP contribution in [0.1, 0.15) is 22.5 Å². The Morgan fingerprint density at radius 1 is 1.08 bits per heavy atom. The Morgan fingerprint density at radius 3 is 2.73 bits per heavy atom. The van der Waals surface area contributed by atoms with E-state index in [-0.39, 0.29) is 17.4 Å². The number of anilines is 3. The Labute approximate surface area is 150 Å². The SMILES string of the molecule is O=C(Nc1ccc(F)cc1)c1cc(N2CCCc3ccccc32)ncn1. The number of hydrogen-bond acceptors (Lipinski definition) is 4. The van der Waals surface area contributed by atoms with Gasteiger partial charge < -0.3 is 10.2 Å². The van der Waals surface area contributed by atoms with Gasteiger partial charge in [0.15, 0.2) is 0 Å². The van der Waals surface area contributed by atoms with Gasteiger partial charge in [0.25, 0.3) is 5.91 Å². The van der Waals surface area contributed by atoms with Gasteiger partial charge in [-0.05, 0) is 48.7 Å². The Morgan fingerprint density at radius 2 is 1.88 bits per heavy atom. The van der Waals surface area contributed by atoms with Gasteiger partial charge in [0.05, 0.1) is 0 Å². The highest BCUT2D eigenvalue weighted by molar-refractivity contribution is 6.03. The number of rotatable bonds is 3. The van der Waals surface area contributed by atoms with Crippen LogP contribution in [0.25, 0.3) is 0 Å². The fourth-order valence-electron chi connectivity index (χ4n) is 3.12. The molecule has 0 spiro atoms. The molecule has 0 bridgehead atoms. The largest absolute Gasteiger partial charge is 0.326 e. The molecule has 1 N–H and O–H groups in total. The van der Waals surface area contributed by atoms with Gasteiger partial charge in [-0.25, -0.2) is 14.4 Å². The number of halogens is 1. The summed E-state index contributed by atoms with van der Waals surface area (Å²) in [7, 11) is 0. The molecule has 5 nitrogen and oxygen atoms in total. The van der Waals surface area contributed by atoms with Gasteiger partial charge in [-0.2, -0.15) is 0 Å². The Balaban J connectivity index is 1.59. The Hall–Kier alpha value is -3.28. The van der Waals surface area contributed by atoms with Crippen molar-refractivity contribution in [2.24, 2.45) is 0 Å². The summed E-state index contributed by atoms with van der Waals surface area (Å²) in [4.78, 5) is 23.0. The topological polar surface area (TPSA) is 58.1 Å². The fourth-order valence-corrected chi connectivity index (χ4v) is 3.12. The Kier molecular flexibility index (Phi) is 4.31. The molecule has 1 aliphatic rings. The maximum Gasteiger partial charge on any atom is 0.274 e. The summed E-state index contributed by atoms with van der Waals surface area (Å²) in [6.07, 6.45) is 3.46. The molecule has 2 heterocycles. The minimum Gasteiger partial charge on any atom is -0.326 e. The van der Waals surface area contributed by atoms with Crippen LogP contribution < -0.4 is 10.2 Å². The third-order valence-electron chi connectivity index (χ3n) is 4.37. The van der Waals surface area contributed by atoms with Crippen LogP contribution in [0.2, 0.25) is 0 Å². The summed E-state index contributed by atoms with van der Waals surface area (Å²) in [6.45, 7) is 0.840. The molecule has 0 saturated heterocycles. The fraction of sp³-hybridized carbons (Fsp3) is 0.150. The number of nitrogens with zero attached hydrogens (tertiary/aromatic N) is 3. The zero-order valence-electron chi connectivity index (χ0n) is 14.0. The summed E-state index contributed by atoms with van der Waals surface area (Å²) in [5.41, 5.74) is 3.17. The van der Waals surface area contributed by atoms with Crippen molar-refractivity contribution in [1.29, 1.82) is 0 Å². The Bertz CT molecular complexity index is 943. The molecule has 0 aliphatic carbocycles. The van der Waals surface area contributed by atoms with E-state index in [9.17, 15) is 9.18 Å². The number of carbonyl (C=O) groups excluding carboxylic acids is 1. The lowest BCUT2D eigenvalue weighted by Gasteiger charge is -2.30. The number of benzene rings is 2. The highest BCUT2D eigenvalue weighted by Gasteiger charge is 2.20. The minimum absolute atomic E-state index is 0.266. The highest BCUT2D eigenvalue weighted by atomic mass is 19.1. The van der Waals surface area contributed by atoms with Crippen LogP contribution in [0.15, 0.2) is 60.9 Å². The first-order valence-electron chi connectivity index (χ1n) is 8.45. The summed E-state index contributed by atoms with van der Waals surface area (Å²) >= 11 is 0. The van der Waals surface area contributed by atoms with Crippen molar-refractivity contribution in [3.63, 3.8) is 0 Å². The molecule has 3 aromatic rings. The molecule has 4 rings (SSSR count). The number of aromatic nitrogens is 2. The number of para-hydroxylation sites is 1. The summed E-state index contributed by atoms with van der Waals surface area (Å²) < 4.78 is 13.0. The highest BCUT2D eigenvalue weighted by Crippen LogP contribution is 2.32. The second kappa shape index (κ2) is 6.92. The predicted molar refractivity (Wildman–Crippen MR) is 98.2 cm³/mol. The number of aryl methyl sites for hydroxylation is 1. The molecule has 6 heteroatoms. The van der Waals surface area contributed by atoms with E-state index in [2.05, 4.69) is 32.3 Å². The molecular weight excluding hydrogens is 331 g/mol. The lowest BCUT2D eigenvalue weighted by Crippen LogP contribution is -2.26. The first-order chi connectivity index (χ1) is 12.7. The van der Waals surface area contributed by atoms with Crippen molar-refractivity contribution in [1.82, 2.24) is 9.97 Å². The number of carbonyl (C=O) groups is 1. The summed E-state index contributed by atoms with van der Waals surface area (Å²) in [5.74, 6) is -0.0157. The van der Waals surface area contributed by atoms with Crippen LogP contribution >= 0.6 is 0 Å². The first kappa shape index (κ1) is 16.2. The van der Waals surface area contributed by atoms with Crippen LogP contribution in [0.5, 0.6) is 0 Å². The van der Waals surface area contributed by atoms with Gasteiger partial charge in [-0.1, -0.05) is 18.2 Å². The molecule has 2 aromatic carbocycles. The molecule has 0 fully saturated rings. The van der Waals surface area contributed by atoms with Crippen molar-refractivity contribution in [2.45, 2.75) is 12.8 Å². The molecule has 0 unspecified atom stereocenters. The summed E-state index contributed by atoms with van der Waals surface area (Å²) in [5, 5.41) is 2.72. The molecule has 1 aliphatic heterocycles. The number of fused-ring (bicyclic) bond motifs is 1. The molecule has 0 saturated carbocycles. The van der Waals surface area contributed by atoms with E-state index in [1.807, 2.05) is 12.1 Å². The number of nitrogens with one attached hydrogen (secondary N) is 1. The summed E-state index contributed by atoms with van der Waals surface area (Å²) in [6, 6.07) is 15.5. The van der Waals surface area contributed by atoms with Crippen molar-refractivity contribution in [3.8, 4) is 0 Å². The lowest BCUT2D eigenvalue weighted by molar-refractivity contribution is 0.102. The normalized spacial score (nSPS) is 13.2. The predicted octanol–water partition coefficient (Wildman–Crippen LogP) is 3.95. The number of hydrogen-bond donors (Lipinski definition) is 1. The molecule has 0 atom stereocenters. The van der Waals surface area contributed by atoms with E-state index in [1.54, 1.807) is 6.07 Å².